The lowest BCUT2D eigenvalue weighted by Gasteiger charge is -2.24. The van der Waals surface area contributed by atoms with Gasteiger partial charge < -0.3 is 14.4 Å². The first-order valence-electron chi connectivity index (χ1n) is 6.68. The van der Waals surface area contributed by atoms with Crippen LogP contribution in [0.1, 0.15) is 30.8 Å². The molecule has 3 heterocycles. The van der Waals surface area contributed by atoms with E-state index in [2.05, 4.69) is 31.9 Å². The van der Waals surface area contributed by atoms with Gasteiger partial charge in [0.2, 0.25) is 5.89 Å². The van der Waals surface area contributed by atoms with E-state index in [0.29, 0.717) is 5.89 Å². The number of nitrogens with one attached hydrogen (secondary N) is 1. The van der Waals surface area contributed by atoms with Crippen molar-refractivity contribution in [3.63, 3.8) is 0 Å². The highest BCUT2D eigenvalue weighted by atomic mass is 16.5. The third-order valence-corrected chi connectivity index (χ3v) is 3.85. The number of rotatable bonds is 4. The van der Waals surface area contributed by atoms with E-state index in [4.69, 9.17) is 4.52 Å². The van der Waals surface area contributed by atoms with Crippen LogP contribution in [0.15, 0.2) is 17.0 Å². The van der Waals surface area contributed by atoms with E-state index >= 15 is 0 Å². The molecule has 6 heteroatoms. The van der Waals surface area contributed by atoms with Crippen LogP contribution >= 0.6 is 0 Å². The Morgan fingerprint density at radius 2 is 2.42 bits per heavy atom. The first-order chi connectivity index (χ1) is 9.17. The molecule has 0 radical (unpaired) electrons. The Morgan fingerprint density at radius 3 is 3.11 bits per heavy atom. The molecule has 2 aromatic heterocycles. The Labute approximate surface area is 112 Å². The van der Waals surface area contributed by atoms with Gasteiger partial charge in [0, 0.05) is 43.7 Å². The molecule has 1 unspecified atom stereocenters. The Bertz CT molecular complexity index is 553. The minimum absolute atomic E-state index is 0.184. The summed E-state index contributed by atoms with van der Waals surface area (Å²) in [5.41, 5.74) is 1.47. The van der Waals surface area contributed by atoms with E-state index in [0.717, 1.165) is 38.3 Å². The van der Waals surface area contributed by atoms with Crippen molar-refractivity contribution in [2.45, 2.75) is 38.6 Å². The maximum absolute atomic E-state index is 4.99. The maximum Gasteiger partial charge on any atom is 0.223 e. The van der Waals surface area contributed by atoms with Gasteiger partial charge in [-0.3, -0.25) is 0 Å². The summed E-state index contributed by atoms with van der Waals surface area (Å²) < 4.78 is 7.20. The minimum Gasteiger partial charge on any atom is -0.340 e. The molecule has 0 saturated carbocycles. The van der Waals surface area contributed by atoms with Gasteiger partial charge in [-0.05, 0) is 13.0 Å². The maximum atomic E-state index is 4.99. The molecule has 19 heavy (non-hydrogen) atoms. The fraction of sp³-hybridized carbons (Fsp3) is 0.615. The van der Waals surface area contributed by atoms with Crippen molar-refractivity contribution < 1.29 is 4.52 Å². The first-order valence-corrected chi connectivity index (χ1v) is 6.68. The molecular formula is C13H19N5O. The van der Waals surface area contributed by atoms with Gasteiger partial charge >= 0.3 is 0 Å². The molecule has 0 aliphatic carbocycles. The van der Waals surface area contributed by atoms with Crippen LogP contribution in [0.2, 0.25) is 0 Å². The standard InChI is InChI=1S/C13H19N5O/c1-10-16-12(17-19-10)3-6-18-9-15-7-11(18)13(2)4-5-14-8-13/h7,9,14H,3-6,8H2,1-2H3. The zero-order chi connectivity index (χ0) is 13.3. The van der Waals surface area contributed by atoms with Crippen molar-refractivity contribution >= 4 is 0 Å². The van der Waals surface area contributed by atoms with Gasteiger partial charge in [-0.2, -0.15) is 4.98 Å². The third kappa shape index (κ3) is 2.40. The van der Waals surface area contributed by atoms with Gasteiger partial charge in [-0.15, -0.1) is 0 Å². The molecule has 2 aromatic rings. The third-order valence-electron chi connectivity index (χ3n) is 3.85. The molecule has 0 aromatic carbocycles. The molecule has 0 bridgehead atoms. The van der Waals surface area contributed by atoms with Crippen molar-refractivity contribution in [3.8, 4) is 0 Å². The lowest BCUT2D eigenvalue weighted by atomic mass is 9.86. The number of nitrogens with zero attached hydrogens (tertiary/aromatic N) is 4. The lowest BCUT2D eigenvalue weighted by Crippen LogP contribution is -2.28. The van der Waals surface area contributed by atoms with Gasteiger partial charge in [-0.1, -0.05) is 12.1 Å². The molecule has 1 aliphatic rings. The number of hydrogen-bond donors (Lipinski definition) is 1. The summed E-state index contributed by atoms with van der Waals surface area (Å²) in [7, 11) is 0. The molecule has 0 amide bonds. The summed E-state index contributed by atoms with van der Waals surface area (Å²) in [5.74, 6) is 1.37. The molecule has 1 N–H and O–H groups in total. The van der Waals surface area contributed by atoms with Gasteiger partial charge in [-0.25, -0.2) is 4.98 Å². The van der Waals surface area contributed by atoms with E-state index in [-0.39, 0.29) is 5.41 Å². The van der Waals surface area contributed by atoms with Gasteiger partial charge in [0.05, 0.1) is 6.33 Å². The Balaban J connectivity index is 1.73. The van der Waals surface area contributed by atoms with Gasteiger partial charge in [0.1, 0.15) is 0 Å². The summed E-state index contributed by atoms with van der Waals surface area (Å²) in [6, 6.07) is 0. The summed E-state index contributed by atoms with van der Waals surface area (Å²) >= 11 is 0. The van der Waals surface area contributed by atoms with Gasteiger partial charge in [0.25, 0.3) is 0 Å². The van der Waals surface area contributed by atoms with Crippen molar-refractivity contribution in [3.05, 3.63) is 29.9 Å². The SMILES string of the molecule is Cc1nc(CCn2cncc2C2(C)CCNC2)no1. The van der Waals surface area contributed by atoms with Crippen LogP contribution in [0.25, 0.3) is 0 Å². The fourth-order valence-electron chi connectivity index (χ4n) is 2.70. The molecule has 3 rings (SSSR count). The predicted octanol–water partition coefficient (Wildman–Crippen LogP) is 1.07. The molecule has 0 spiro atoms. The highest BCUT2D eigenvalue weighted by Crippen LogP contribution is 2.29. The fourth-order valence-corrected chi connectivity index (χ4v) is 2.70. The second-order valence-electron chi connectivity index (χ2n) is 5.44. The van der Waals surface area contributed by atoms with Crippen LogP contribution in [0.4, 0.5) is 0 Å². The van der Waals surface area contributed by atoms with E-state index in [1.165, 1.54) is 5.69 Å². The average molecular weight is 261 g/mol. The lowest BCUT2D eigenvalue weighted by molar-refractivity contribution is 0.385. The topological polar surface area (TPSA) is 68.8 Å². The number of aryl methyl sites for hydroxylation is 3. The van der Waals surface area contributed by atoms with E-state index in [1.54, 1.807) is 0 Å². The summed E-state index contributed by atoms with van der Waals surface area (Å²) in [4.78, 5) is 8.53. The van der Waals surface area contributed by atoms with Crippen LogP contribution in [0, 0.1) is 6.92 Å². The van der Waals surface area contributed by atoms with Crippen LogP contribution in [-0.2, 0) is 18.4 Å². The Morgan fingerprint density at radius 1 is 1.53 bits per heavy atom. The summed E-state index contributed by atoms with van der Waals surface area (Å²) in [5, 5.41) is 7.35. The Kier molecular flexibility index (Phi) is 3.10. The number of imidazole rings is 1. The largest absolute Gasteiger partial charge is 0.340 e. The smallest absolute Gasteiger partial charge is 0.223 e. The minimum atomic E-state index is 0.184. The quantitative estimate of drug-likeness (QED) is 0.891. The van der Waals surface area contributed by atoms with Crippen LogP contribution in [-0.4, -0.2) is 32.8 Å². The molecule has 102 valence electrons. The predicted molar refractivity (Wildman–Crippen MR) is 69.8 cm³/mol. The van der Waals surface area contributed by atoms with Crippen molar-refractivity contribution in [2.75, 3.05) is 13.1 Å². The zero-order valence-electron chi connectivity index (χ0n) is 11.4. The summed E-state index contributed by atoms with van der Waals surface area (Å²) in [6.45, 7) is 7.03. The Hall–Kier alpha value is -1.69. The van der Waals surface area contributed by atoms with Crippen molar-refractivity contribution in [1.82, 2.24) is 25.0 Å². The van der Waals surface area contributed by atoms with Crippen molar-refractivity contribution in [1.29, 1.82) is 0 Å². The van der Waals surface area contributed by atoms with Crippen LogP contribution < -0.4 is 5.32 Å². The first kappa shape index (κ1) is 12.3. The number of aromatic nitrogens is 4. The van der Waals surface area contributed by atoms with E-state index in [9.17, 15) is 0 Å². The van der Waals surface area contributed by atoms with E-state index < -0.39 is 0 Å². The highest BCUT2D eigenvalue weighted by molar-refractivity contribution is 5.17. The molecule has 6 nitrogen and oxygen atoms in total. The zero-order valence-corrected chi connectivity index (χ0v) is 11.4. The highest BCUT2D eigenvalue weighted by Gasteiger charge is 2.33. The monoisotopic (exact) mass is 261 g/mol. The summed E-state index contributed by atoms with van der Waals surface area (Å²) in [6.07, 6.45) is 5.80. The van der Waals surface area contributed by atoms with Crippen LogP contribution in [0.3, 0.4) is 0 Å². The molecule has 1 atom stereocenters. The van der Waals surface area contributed by atoms with Crippen molar-refractivity contribution in [2.24, 2.45) is 0 Å². The second kappa shape index (κ2) is 4.77. The normalized spacial score (nSPS) is 23.1. The molecular weight excluding hydrogens is 242 g/mol. The molecule has 1 saturated heterocycles. The van der Waals surface area contributed by atoms with Gasteiger partial charge in [0.15, 0.2) is 5.82 Å². The second-order valence-corrected chi connectivity index (χ2v) is 5.44. The molecule has 1 fully saturated rings. The van der Waals surface area contributed by atoms with E-state index in [1.807, 2.05) is 19.4 Å². The molecule has 1 aliphatic heterocycles. The van der Waals surface area contributed by atoms with Crippen LogP contribution in [0.5, 0.6) is 0 Å². The number of hydrogen-bond acceptors (Lipinski definition) is 5. The average Bonchev–Trinajstić information content (AvgIpc) is 3.07.